The average molecular weight is 549 g/mol. The number of rotatable bonds is 10. The average Bonchev–Trinajstić information content (AvgIpc) is 2.88. The van der Waals surface area contributed by atoms with Crippen LogP contribution in [0.2, 0.25) is 0 Å². The second kappa shape index (κ2) is 13.7. The van der Waals surface area contributed by atoms with E-state index in [9.17, 15) is 24.4 Å². The van der Waals surface area contributed by atoms with E-state index in [1.54, 1.807) is 32.9 Å². The number of urea groups is 1. The van der Waals surface area contributed by atoms with Crippen LogP contribution in [-0.2, 0) is 30.2 Å². The highest BCUT2D eigenvalue weighted by Gasteiger charge is 2.58. The molecule has 2 fully saturated rings. The lowest BCUT2D eigenvalue weighted by Gasteiger charge is -2.56. The molecule has 1 aliphatic carbocycles. The highest BCUT2D eigenvalue weighted by Crippen LogP contribution is 2.37. The van der Waals surface area contributed by atoms with E-state index in [4.69, 9.17) is 14.2 Å². The minimum atomic E-state index is -1.29. The summed E-state index contributed by atoms with van der Waals surface area (Å²) in [6.07, 6.45) is 6.35. The van der Waals surface area contributed by atoms with Crippen LogP contribution in [0.15, 0.2) is 18.3 Å². The maximum Gasteiger partial charge on any atom is 0.417 e. The second-order valence-electron chi connectivity index (χ2n) is 10.6. The molecule has 0 spiro atoms. The molecule has 1 saturated heterocycles. The Bertz CT molecular complexity index is 1030. The SMILES string of the molecule is CCOC(=O)[C@@H]1[C@@H](Cc2ccnc(NC(=O)OCOC(=O)C(C)C)c2)C[N+]1([O-])C(=O)N[C@H](C)C1CCCCC1. The molecule has 0 bridgehead atoms. The Morgan fingerprint density at radius 2 is 1.82 bits per heavy atom. The number of pyridine rings is 1. The number of amides is 3. The van der Waals surface area contributed by atoms with Gasteiger partial charge in [0.2, 0.25) is 12.8 Å². The van der Waals surface area contributed by atoms with Gasteiger partial charge in [0.05, 0.1) is 25.0 Å². The Hall–Kier alpha value is -3.25. The molecule has 216 valence electrons. The standard InChI is InChI=1S/C27H40N4O8/c1-5-37-25(33)23-21(15-31(23,36)26(34)29-18(4)20-9-7-6-8-10-20)13-19-11-12-28-22(14-19)30-27(35)39-16-38-24(32)17(2)3/h11-12,14,17-18,20-21,23H,5-10,13,15-16H2,1-4H3,(H,29,34)(H,28,30,35)/t18-,21+,23+,31?/m1/s1. The molecule has 2 N–H and O–H groups in total. The van der Waals surface area contributed by atoms with Crippen LogP contribution in [0.3, 0.4) is 0 Å². The molecule has 0 radical (unpaired) electrons. The molecular formula is C27H40N4O8. The lowest BCUT2D eigenvalue weighted by molar-refractivity contribution is -0.874. The molecule has 1 aliphatic heterocycles. The molecule has 2 aliphatic rings. The first-order valence-electron chi connectivity index (χ1n) is 13.7. The first kappa shape index (κ1) is 30.3. The summed E-state index contributed by atoms with van der Waals surface area (Å²) < 4.78 is 13.5. The third-order valence-corrected chi connectivity index (χ3v) is 7.40. The third kappa shape index (κ3) is 7.89. The summed E-state index contributed by atoms with van der Waals surface area (Å²) >= 11 is 0. The molecule has 1 aromatic rings. The van der Waals surface area contributed by atoms with E-state index in [1.165, 1.54) is 12.6 Å². The molecule has 1 unspecified atom stereocenters. The van der Waals surface area contributed by atoms with E-state index in [0.717, 1.165) is 25.7 Å². The summed E-state index contributed by atoms with van der Waals surface area (Å²) in [7, 11) is 0. The van der Waals surface area contributed by atoms with Crippen LogP contribution in [-0.4, -0.2) is 65.7 Å². The van der Waals surface area contributed by atoms with Crippen LogP contribution in [0.5, 0.6) is 0 Å². The van der Waals surface area contributed by atoms with Crippen LogP contribution < -0.4 is 10.6 Å². The number of aromatic nitrogens is 1. The molecule has 12 nitrogen and oxygen atoms in total. The number of nitrogens with zero attached hydrogens (tertiary/aromatic N) is 2. The van der Waals surface area contributed by atoms with Gasteiger partial charge in [-0.25, -0.2) is 19.4 Å². The van der Waals surface area contributed by atoms with Gasteiger partial charge >= 0.3 is 24.1 Å². The number of carbonyl (C=O) groups excluding carboxylic acids is 4. The number of esters is 2. The van der Waals surface area contributed by atoms with Gasteiger partial charge in [-0.3, -0.25) is 14.8 Å². The second-order valence-corrected chi connectivity index (χ2v) is 10.6. The first-order valence-corrected chi connectivity index (χ1v) is 13.7. The third-order valence-electron chi connectivity index (χ3n) is 7.40. The lowest BCUT2D eigenvalue weighted by atomic mass is 9.82. The molecule has 1 aromatic heterocycles. The fraction of sp³-hybridized carbons (Fsp3) is 0.667. The molecule has 2 heterocycles. The zero-order valence-corrected chi connectivity index (χ0v) is 23.1. The topological polar surface area (TPSA) is 156 Å². The van der Waals surface area contributed by atoms with E-state index in [-0.39, 0.29) is 30.9 Å². The lowest BCUT2D eigenvalue weighted by Crippen LogP contribution is -2.75. The zero-order valence-electron chi connectivity index (χ0n) is 23.1. The summed E-state index contributed by atoms with van der Waals surface area (Å²) in [4.78, 5) is 53.5. The van der Waals surface area contributed by atoms with Crippen LogP contribution in [0.4, 0.5) is 15.4 Å². The number of likely N-dealkylation sites (tertiary alicyclic amines) is 1. The largest absolute Gasteiger partial charge is 0.623 e. The van der Waals surface area contributed by atoms with Crippen molar-refractivity contribution in [2.24, 2.45) is 17.8 Å². The summed E-state index contributed by atoms with van der Waals surface area (Å²) in [6, 6.07) is 1.25. The van der Waals surface area contributed by atoms with Crippen molar-refractivity contribution in [3.63, 3.8) is 0 Å². The molecule has 3 rings (SSSR count). The van der Waals surface area contributed by atoms with Gasteiger partial charge in [-0.1, -0.05) is 33.1 Å². The summed E-state index contributed by atoms with van der Waals surface area (Å²) in [5, 5.41) is 19.0. The van der Waals surface area contributed by atoms with Crippen molar-refractivity contribution in [3.8, 4) is 0 Å². The van der Waals surface area contributed by atoms with Crippen molar-refractivity contribution in [2.75, 3.05) is 25.3 Å². The molecule has 3 amide bonds. The first-order chi connectivity index (χ1) is 18.5. The fourth-order valence-electron chi connectivity index (χ4n) is 5.22. The zero-order chi connectivity index (χ0) is 28.6. The maximum absolute atomic E-state index is 13.6. The van der Waals surface area contributed by atoms with Crippen molar-refractivity contribution in [1.29, 1.82) is 0 Å². The van der Waals surface area contributed by atoms with Gasteiger partial charge in [0, 0.05) is 12.2 Å². The molecule has 12 heteroatoms. The number of anilines is 1. The minimum absolute atomic E-state index is 0.0684. The summed E-state index contributed by atoms with van der Waals surface area (Å²) in [5.74, 6) is -1.47. The summed E-state index contributed by atoms with van der Waals surface area (Å²) in [5.41, 5.74) is 0.702. The van der Waals surface area contributed by atoms with Crippen LogP contribution in [0, 0.1) is 23.0 Å². The molecule has 39 heavy (non-hydrogen) atoms. The van der Waals surface area contributed by atoms with Crippen LogP contribution in [0.25, 0.3) is 0 Å². The number of hydrogen-bond donors (Lipinski definition) is 2. The van der Waals surface area contributed by atoms with Crippen molar-refractivity contribution in [3.05, 3.63) is 29.1 Å². The predicted octanol–water partition coefficient (Wildman–Crippen LogP) is 3.88. The van der Waals surface area contributed by atoms with E-state index < -0.39 is 47.5 Å². The van der Waals surface area contributed by atoms with Crippen molar-refractivity contribution in [1.82, 2.24) is 10.3 Å². The van der Waals surface area contributed by atoms with Gasteiger partial charge in [0.15, 0.2) is 0 Å². The van der Waals surface area contributed by atoms with Gasteiger partial charge in [-0.2, -0.15) is 0 Å². The smallest absolute Gasteiger partial charge is 0.417 e. The van der Waals surface area contributed by atoms with Crippen molar-refractivity contribution >= 4 is 29.9 Å². The van der Waals surface area contributed by atoms with Crippen LogP contribution in [0.1, 0.15) is 65.4 Å². The van der Waals surface area contributed by atoms with Gasteiger partial charge < -0.3 is 24.7 Å². The number of ether oxygens (including phenoxy) is 3. The van der Waals surface area contributed by atoms with E-state index >= 15 is 0 Å². The number of nitrogens with one attached hydrogen (secondary N) is 2. The normalized spacial score (nSPS) is 23.7. The Balaban J connectivity index is 1.61. The quantitative estimate of drug-likeness (QED) is 0.192. The number of hydrogen-bond acceptors (Lipinski definition) is 9. The Morgan fingerprint density at radius 3 is 2.49 bits per heavy atom. The number of hydroxylamine groups is 3. The molecule has 0 aromatic carbocycles. The fourth-order valence-corrected chi connectivity index (χ4v) is 5.22. The molecule has 1 saturated carbocycles. The number of quaternary nitrogens is 1. The predicted molar refractivity (Wildman–Crippen MR) is 141 cm³/mol. The van der Waals surface area contributed by atoms with Gasteiger partial charge in [-0.15, -0.1) is 0 Å². The van der Waals surface area contributed by atoms with Crippen molar-refractivity contribution in [2.45, 2.75) is 78.3 Å². The van der Waals surface area contributed by atoms with E-state index in [1.807, 2.05) is 6.92 Å². The Labute approximate surface area is 228 Å². The van der Waals surface area contributed by atoms with Gasteiger partial charge in [-0.05, 0) is 56.7 Å². The maximum atomic E-state index is 13.6. The molecular weight excluding hydrogens is 508 g/mol. The van der Waals surface area contributed by atoms with Crippen molar-refractivity contribution < 1.29 is 38.0 Å². The van der Waals surface area contributed by atoms with Gasteiger partial charge in [0.25, 0.3) is 0 Å². The monoisotopic (exact) mass is 548 g/mol. The summed E-state index contributed by atoms with van der Waals surface area (Å²) in [6.45, 7) is 6.39. The highest BCUT2D eigenvalue weighted by molar-refractivity contribution is 5.83. The van der Waals surface area contributed by atoms with Crippen LogP contribution >= 0.6 is 0 Å². The van der Waals surface area contributed by atoms with E-state index in [2.05, 4.69) is 15.6 Å². The highest BCUT2D eigenvalue weighted by atomic mass is 16.7. The Kier molecular flexibility index (Phi) is 10.6. The number of carbonyl (C=O) groups is 4. The molecule has 4 atom stereocenters. The Morgan fingerprint density at radius 1 is 1.10 bits per heavy atom. The van der Waals surface area contributed by atoms with E-state index in [0.29, 0.717) is 17.9 Å². The minimum Gasteiger partial charge on any atom is -0.623 e. The van der Waals surface area contributed by atoms with Gasteiger partial charge in [0.1, 0.15) is 5.82 Å².